The first-order chi connectivity index (χ1) is 4.41. The monoisotopic (exact) mass is 170 g/mol. The standard InChI is InChI=1S/2C3H7O.Al.Na.2H/c2*1-3-4-2;;;;/h2*1,3H2,2H3;;;;. The maximum atomic E-state index is 4.92. The van der Waals surface area contributed by atoms with Gasteiger partial charge in [-0.05, 0) is 0 Å². The summed E-state index contributed by atoms with van der Waals surface area (Å²) in [4.78, 5) is 0. The van der Waals surface area contributed by atoms with Crippen LogP contribution in [-0.4, -0.2) is 72.2 Å². The van der Waals surface area contributed by atoms with Crippen LogP contribution in [-0.2, 0) is 9.47 Å². The average molecular weight is 170 g/mol. The molecule has 0 aromatic rings. The van der Waals surface area contributed by atoms with Crippen molar-refractivity contribution in [1.82, 2.24) is 0 Å². The van der Waals surface area contributed by atoms with E-state index in [9.17, 15) is 0 Å². The molecule has 0 aromatic heterocycles. The van der Waals surface area contributed by atoms with E-state index in [1.165, 1.54) is 10.6 Å². The molecule has 0 bridgehead atoms. The van der Waals surface area contributed by atoms with Crippen LogP contribution in [0.4, 0.5) is 0 Å². The summed E-state index contributed by atoms with van der Waals surface area (Å²) in [5, 5.41) is 2.58. The molecular formula is C6H16AlNaO2. The van der Waals surface area contributed by atoms with Crippen LogP contribution in [0.25, 0.3) is 0 Å². The molecule has 0 N–H and O–H groups in total. The zero-order valence-electron chi connectivity index (χ0n) is 6.35. The van der Waals surface area contributed by atoms with Gasteiger partial charge in [0.1, 0.15) is 0 Å². The first-order valence-electron chi connectivity index (χ1n) is 3.39. The summed E-state index contributed by atoms with van der Waals surface area (Å²) in [5.41, 5.74) is 0. The summed E-state index contributed by atoms with van der Waals surface area (Å²) < 4.78 is 9.83. The predicted molar refractivity (Wildman–Crippen MR) is 47.7 cm³/mol. The molecule has 0 aliphatic heterocycles. The van der Waals surface area contributed by atoms with Gasteiger partial charge in [-0.25, -0.2) is 0 Å². The van der Waals surface area contributed by atoms with E-state index in [0.29, 0.717) is 0 Å². The minimum absolute atomic E-state index is 0. The molecule has 0 saturated heterocycles. The van der Waals surface area contributed by atoms with Crippen LogP contribution < -0.4 is 0 Å². The Morgan fingerprint density at radius 1 is 1.00 bits per heavy atom. The van der Waals surface area contributed by atoms with Crippen molar-refractivity contribution in [2.45, 2.75) is 10.6 Å². The van der Waals surface area contributed by atoms with Crippen molar-refractivity contribution in [1.29, 1.82) is 0 Å². The van der Waals surface area contributed by atoms with Gasteiger partial charge in [-0.1, -0.05) is 10.6 Å². The van der Waals surface area contributed by atoms with Crippen molar-refractivity contribution in [2.75, 3.05) is 27.4 Å². The zero-order chi connectivity index (χ0) is 6.95. The molecule has 0 amide bonds. The van der Waals surface area contributed by atoms with E-state index >= 15 is 0 Å². The molecule has 4 heteroatoms. The topological polar surface area (TPSA) is 18.5 Å². The Bertz CT molecular complexity index is 49.0. The Morgan fingerprint density at radius 2 is 1.40 bits per heavy atom. The third kappa shape index (κ3) is 12.2. The molecule has 0 saturated carbocycles. The summed E-state index contributed by atoms with van der Waals surface area (Å²) in [5.74, 6) is 0. The van der Waals surface area contributed by atoms with Crippen molar-refractivity contribution in [3.05, 3.63) is 0 Å². The first-order valence-corrected chi connectivity index (χ1v) is 5.39. The van der Waals surface area contributed by atoms with Gasteiger partial charge in [0, 0.05) is 27.4 Å². The Labute approximate surface area is 91.7 Å². The fourth-order valence-electron chi connectivity index (χ4n) is 0.670. The Kier molecular flexibility index (Phi) is 18.3. The van der Waals surface area contributed by atoms with E-state index in [1.807, 2.05) is 0 Å². The van der Waals surface area contributed by atoms with Crippen molar-refractivity contribution in [3.63, 3.8) is 0 Å². The van der Waals surface area contributed by atoms with Gasteiger partial charge in [-0.2, -0.15) is 0 Å². The SMILES string of the molecule is COC[CH2][AlH][CH2]COC.[NaH]. The molecule has 0 atom stereocenters. The minimum atomic E-state index is 0. The van der Waals surface area contributed by atoms with Crippen molar-refractivity contribution >= 4 is 44.8 Å². The summed E-state index contributed by atoms with van der Waals surface area (Å²) >= 11 is 0.139. The van der Waals surface area contributed by atoms with Crippen LogP contribution in [0.1, 0.15) is 0 Å². The Hall–Kier alpha value is 1.45. The molecule has 0 spiro atoms. The van der Waals surface area contributed by atoms with Crippen LogP contribution >= 0.6 is 0 Å². The van der Waals surface area contributed by atoms with Gasteiger partial charge >= 0.3 is 29.6 Å². The third-order valence-corrected chi connectivity index (χ3v) is 2.77. The van der Waals surface area contributed by atoms with Crippen molar-refractivity contribution < 1.29 is 9.47 Å². The van der Waals surface area contributed by atoms with Crippen LogP contribution in [0.5, 0.6) is 0 Å². The Morgan fingerprint density at radius 3 is 1.70 bits per heavy atom. The first kappa shape index (κ1) is 14.0. The van der Waals surface area contributed by atoms with Gasteiger partial charge in [0.2, 0.25) is 15.2 Å². The quantitative estimate of drug-likeness (QED) is 0.409. The molecule has 2 nitrogen and oxygen atoms in total. The molecular weight excluding hydrogens is 154 g/mol. The number of hydrogen-bond donors (Lipinski definition) is 0. The summed E-state index contributed by atoms with van der Waals surface area (Å²) in [6.45, 7) is 1.88. The molecule has 0 heterocycles. The van der Waals surface area contributed by atoms with E-state index in [-0.39, 0.29) is 44.8 Å². The van der Waals surface area contributed by atoms with Crippen LogP contribution in [0.3, 0.4) is 0 Å². The normalized spacial score (nSPS) is 8.60. The molecule has 0 rings (SSSR count). The van der Waals surface area contributed by atoms with E-state index in [1.54, 1.807) is 14.2 Å². The van der Waals surface area contributed by atoms with Gasteiger partial charge < -0.3 is 9.47 Å². The number of rotatable bonds is 6. The molecule has 0 aliphatic rings. The van der Waals surface area contributed by atoms with Gasteiger partial charge in [-0.3, -0.25) is 0 Å². The van der Waals surface area contributed by atoms with E-state index in [2.05, 4.69) is 0 Å². The average Bonchev–Trinajstić information content (AvgIpc) is 1.89. The molecule has 0 aromatic carbocycles. The van der Waals surface area contributed by atoms with Crippen molar-refractivity contribution in [3.8, 4) is 0 Å². The van der Waals surface area contributed by atoms with Gasteiger partial charge in [0.25, 0.3) is 0 Å². The second-order valence-electron chi connectivity index (χ2n) is 2.05. The number of ether oxygens (including phenoxy) is 2. The molecule has 0 unspecified atom stereocenters. The summed E-state index contributed by atoms with van der Waals surface area (Å²) in [7, 11) is 3.51. The van der Waals surface area contributed by atoms with Gasteiger partial charge in [-0.15, -0.1) is 0 Å². The predicted octanol–water partition coefficient (Wildman–Crippen LogP) is -0.0962. The summed E-state index contributed by atoms with van der Waals surface area (Å²) in [6.07, 6.45) is 0. The fourth-order valence-corrected chi connectivity index (χ4v) is 2.01. The zero-order valence-corrected chi connectivity index (χ0v) is 7.77. The number of hydrogen-bond acceptors (Lipinski definition) is 2. The molecule has 56 valence electrons. The van der Waals surface area contributed by atoms with Crippen LogP contribution in [0.2, 0.25) is 10.6 Å². The van der Waals surface area contributed by atoms with E-state index in [0.717, 1.165) is 13.2 Å². The van der Waals surface area contributed by atoms with Crippen LogP contribution in [0, 0.1) is 0 Å². The van der Waals surface area contributed by atoms with Gasteiger partial charge in [0.15, 0.2) is 0 Å². The second-order valence-corrected chi connectivity index (χ2v) is 4.17. The van der Waals surface area contributed by atoms with Gasteiger partial charge in [0.05, 0.1) is 0 Å². The van der Waals surface area contributed by atoms with E-state index < -0.39 is 0 Å². The van der Waals surface area contributed by atoms with Crippen LogP contribution in [0.15, 0.2) is 0 Å². The second kappa shape index (κ2) is 13.1. The number of methoxy groups -OCH3 is 2. The molecule has 0 radical (unpaired) electrons. The van der Waals surface area contributed by atoms with E-state index in [4.69, 9.17) is 9.47 Å². The summed E-state index contributed by atoms with van der Waals surface area (Å²) in [6, 6.07) is 0. The Balaban J connectivity index is 0. The van der Waals surface area contributed by atoms with Crippen molar-refractivity contribution in [2.24, 2.45) is 0 Å². The molecule has 0 fully saturated rings. The fraction of sp³-hybridized carbons (Fsp3) is 1.00. The third-order valence-electron chi connectivity index (χ3n) is 1.20. The molecule has 0 aliphatic carbocycles. The maximum absolute atomic E-state index is 4.92. The molecule has 10 heavy (non-hydrogen) atoms.